The predicted octanol–water partition coefficient (Wildman–Crippen LogP) is 7.74. The van der Waals surface area contributed by atoms with Gasteiger partial charge in [-0.25, -0.2) is 0 Å². The van der Waals surface area contributed by atoms with Crippen molar-refractivity contribution in [2.45, 2.75) is 37.5 Å². The summed E-state index contributed by atoms with van der Waals surface area (Å²) in [6.07, 6.45) is 7.18. The Labute approximate surface area is 178 Å². The normalized spacial score (nSPS) is 32.1. The van der Waals surface area contributed by atoms with E-state index in [4.69, 9.17) is 0 Å². The highest BCUT2D eigenvalue weighted by atomic mass is 14.6. The fraction of sp³-hybridized carbons (Fsp3) is 0.333. The number of fused-ring (bicyclic) bond motifs is 2. The summed E-state index contributed by atoms with van der Waals surface area (Å²) in [5.41, 5.74) is 3.34. The van der Waals surface area contributed by atoms with Crippen molar-refractivity contribution in [1.82, 2.24) is 0 Å². The van der Waals surface area contributed by atoms with Gasteiger partial charge in [0.1, 0.15) is 0 Å². The van der Waals surface area contributed by atoms with Crippen molar-refractivity contribution in [3.05, 3.63) is 96.1 Å². The molecule has 0 amide bonds. The van der Waals surface area contributed by atoms with Gasteiger partial charge in [-0.05, 0) is 88.4 Å². The van der Waals surface area contributed by atoms with Gasteiger partial charge in [-0.3, -0.25) is 0 Å². The summed E-state index contributed by atoms with van der Waals surface area (Å²) >= 11 is 0. The molecule has 4 aliphatic rings. The zero-order valence-electron chi connectivity index (χ0n) is 17.4. The van der Waals surface area contributed by atoms with Crippen LogP contribution >= 0.6 is 0 Å². The molecule has 0 heteroatoms. The van der Waals surface area contributed by atoms with Gasteiger partial charge in [-0.1, -0.05) is 84.9 Å². The molecule has 0 spiro atoms. The van der Waals surface area contributed by atoms with Gasteiger partial charge in [0.2, 0.25) is 0 Å². The van der Waals surface area contributed by atoms with Gasteiger partial charge in [-0.15, -0.1) is 0 Å². The minimum atomic E-state index is 0.165. The van der Waals surface area contributed by atoms with E-state index in [2.05, 4.69) is 84.9 Å². The Morgan fingerprint density at radius 1 is 0.533 bits per heavy atom. The van der Waals surface area contributed by atoms with E-state index >= 15 is 0 Å². The van der Waals surface area contributed by atoms with Crippen LogP contribution in [-0.2, 0) is 5.41 Å². The molecule has 4 saturated carbocycles. The highest BCUT2D eigenvalue weighted by Crippen LogP contribution is 2.65. The molecular formula is C30H28. The molecule has 0 saturated heterocycles. The van der Waals surface area contributed by atoms with E-state index in [1.54, 1.807) is 11.1 Å². The number of rotatable bonds is 2. The van der Waals surface area contributed by atoms with Gasteiger partial charge >= 0.3 is 0 Å². The summed E-state index contributed by atoms with van der Waals surface area (Å²) in [6, 6.07) is 32.5. The highest BCUT2D eigenvalue weighted by Gasteiger charge is 2.58. The lowest BCUT2D eigenvalue weighted by molar-refractivity contribution is -0.0411. The molecule has 0 nitrogen and oxygen atoms in total. The second kappa shape index (κ2) is 6.20. The lowest BCUT2D eigenvalue weighted by atomic mass is 9.42. The molecule has 0 atom stereocenters. The molecule has 0 aromatic heterocycles. The number of hydrogen-bond acceptors (Lipinski definition) is 0. The lowest BCUT2D eigenvalue weighted by Crippen LogP contribution is -2.56. The standard InChI is InChI=1S/C30H28/c1-2-8-24-19-25(13-12-22(24)6-1)30(26-15-20-14-21(17-26)18-27(30)16-20)29-11-5-9-23-7-3-4-10-28(23)29/h1-13,19-21,26-27H,14-18H2. The largest absolute Gasteiger partial charge is 0.0616 e. The monoisotopic (exact) mass is 388 g/mol. The third kappa shape index (κ3) is 2.23. The number of benzene rings is 4. The van der Waals surface area contributed by atoms with Crippen LogP contribution in [0.4, 0.5) is 0 Å². The molecule has 4 aliphatic carbocycles. The van der Waals surface area contributed by atoms with E-state index in [0.717, 1.165) is 23.7 Å². The SMILES string of the molecule is c1ccc2cc(C3(c4cccc5ccccc45)C4CC5CC(C4)CC3C5)ccc2c1. The summed E-state index contributed by atoms with van der Waals surface area (Å²) < 4.78 is 0. The van der Waals surface area contributed by atoms with Gasteiger partial charge in [0.05, 0.1) is 0 Å². The average molecular weight is 389 g/mol. The fourth-order valence-electron chi connectivity index (χ4n) is 8.03. The van der Waals surface area contributed by atoms with Gasteiger partial charge in [0.15, 0.2) is 0 Å². The molecule has 148 valence electrons. The zero-order valence-corrected chi connectivity index (χ0v) is 17.4. The first-order chi connectivity index (χ1) is 14.8. The molecular weight excluding hydrogens is 360 g/mol. The minimum Gasteiger partial charge on any atom is -0.0616 e. The smallest absolute Gasteiger partial charge is 0.0265 e. The Bertz CT molecular complexity index is 1230. The second-order valence-electron chi connectivity index (χ2n) is 10.3. The molecule has 0 radical (unpaired) electrons. The molecule has 4 aromatic rings. The highest BCUT2D eigenvalue weighted by molar-refractivity contribution is 5.88. The van der Waals surface area contributed by atoms with E-state index in [0.29, 0.717) is 0 Å². The molecule has 0 N–H and O–H groups in total. The van der Waals surface area contributed by atoms with E-state index in [1.165, 1.54) is 53.6 Å². The first kappa shape index (κ1) is 17.1. The van der Waals surface area contributed by atoms with E-state index in [1.807, 2.05) is 0 Å². The summed E-state index contributed by atoms with van der Waals surface area (Å²) in [7, 11) is 0. The maximum absolute atomic E-state index is 2.54. The topological polar surface area (TPSA) is 0 Å². The molecule has 4 bridgehead atoms. The van der Waals surface area contributed by atoms with Gasteiger partial charge in [0, 0.05) is 5.41 Å². The third-order valence-corrected chi connectivity index (χ3v) is 8.89. The molecule has 30 heavy (non-hydrogen) atoms. The van der Waals surface area contributed by atoms with Crippen molar-refractivity contribution in [2.75, 3.05) is 0 Å². The lowest BCUT2D eigenvalue weighted by Gasteiger charge is -2.62. The molecule has 0 aliphatic heterocycles. The van der Waals surface area contributed by atoms with Crippen LogP contribution in [0.15, 0.2) is 84.9 Å². The van der Waals surface area contributed by atoms with Crippen molar-refractivity contribution in [3.8, 4) is 0 Å². The molecule has 4 aromatic carbocycles. The van der Waals surface area contributed by atoms with Crippen LogP contribution in [0, 0.1) is 23.7 Å². The van der Waals surface area contributed by atoms with Crippen LogP contribution in [0.2, 0.25) is 0 Å². The summed E-state index contributed by atoms with van der Waals surface area (Å²) in [5.74, 6) is 3.49. The van der Waals surface area contributed by atoms with Crippen molar-refractivity contribution >= 4 is 21.5 Å². The molecule has 4 fully saturated rings. The van der Waals surface area contributed by atoms with Crippen LogP contribution in [-0.4, -0.2) is 0 Å². The van der Waals surface area contributed by atoms with E-state index in [-0.39, 0.29) is 5.41 Å². The molecule has 8 rings (SSSR count). The first-order valence-electron chi connectivity index (χ1n) is 11.8. The average Bonchev–Trinajstić information content (AvgIpc) is 2.79. The van der Waals surface area contributed by atoms with Crippen LogP contribution in [0.3, 0.4) is 0 Å². The van der Waals surface area contributed by atoms with Crippen molar-refractivity contribution in [3.63, 3.8) is 0 Å². The molecule has 0 unspecified atom stereocenters. The Morgan fingerprint density at radius 3 is 1.93 bits per heavy atom. The van der Waals surface area contributed by atoms with Crippen LogP contribution < -0.4 is 0 Å². The van der Waals surface area contributed by atoms with Crippen LogP contribution in [0.25, 0.3) is 21.5 Å². The van der Waals surface area contributed by atoms with E-state index in [9.17, 15) is 0 Å². The Balaban J connectivity index is 1.55. The van der Waals surface area contributed by atoms with Crippen LogP contribution in [0.5, 0.6) is 0 Å². The second-order valence-corrected chi connectivity index (χ2v) is 10.3. The van der Waals surface area contributed by atoms with E-state index < -0.39 is 0 Å². The Hall–Kier alpha value is -2.60. The van der Waals surface area contributed by atoms with Gasteiger partial charge in [-0.2, -0.15) is 0 Å². The third-order valence-electron chi connectivity index (χ3n) is 8.89. The summed E-state index contributed by atoms with van der Waals surface area (Å²) in [5, 5.41) is 5.62. The number of hydrogen-bond donors (Lipinski definition) is 0. The van der Waals surface area contributed by atoms with Gasteiger partial charge < -0.3 is 0 Å². The maximum Gasteiger partial charge on any atom is 0.0265 e. The zero-order chi connectivity index (χ0) is 19.7. The Morgan fingerprint density at radius 2 is 1.17 bits per heavy atom. The minimum absolute atomic E-state index is 0.165. The quantitative estimate of drug-likeness (QED) is 0.329. The summed E-state index contributed by atoms with van der Waals surface area (Å²) in [6.45, 7) is 0. The molecule has 0 heterocycles. The maximum atomic E-state index is 2.54. The Kier molecular flexibility index (Phi) is 3.54. The fourth-order valence-corrected chi connectivity index (χ4v) is 8.03. The van der Waals surface area contributed by atoms with Crippen LogP contribution in [0.1, 0.15) is 43.2 Å². The van der Waals surface area contributed by atoms with Crippen molar-refractivity contribution in [2.24, 2.45) is 23.7 Å². The van der Waals surface area contributed by atoms with Crippen molar-refractivity contribution < 1.29 is 0 Å². The van der Waals surface area contributed by atoms with Gasteiger partial charge in [0.25, 0.3) is 0 Å². The summed E-state index contributed by atoms with van der Waals surface area (Å²) in [4.78, 5) is 0. The van der Waals surface area contributed by atoms with Crippen molar-refractivity contribution in [1.29, 1.82) is 0 Å². The first-order valence-corrected chi connectivity index (χ1v) is 11.8. The predicted molar refractivity (Wildman–Crippen MR) is 126 cm³/mol.